The maximum atomic E-state index is 13.8. The van der Waals surface area contributed by atoms with E-state index in [1.165, 1.54) is 24.3 Å². The highest BCUT2D eigenvalue weighted by atomic mass is 19.1. The molecule has 10 aromatic rings. The van der Waals surface area contributed by atoms with Crippen molar-refractivity contribution in [2.24, 2.45) is 0 Å². The summed E-state index contributed by atoms with van der Waals surface area (Å²) in [7, 11) is 0. The molecule has 2 saturated heterocycles. The van der Waals surface area contributed by atoms with E-state index in [1.807, 2.05) is 60.7 Å². The Balaban J connectivity index is 0.000000143. The highest BCUT2D eigenvalue weighted by Gasteiger charge is 2.30. The van der Waals surface area contributed by atoms with Gasteiger partial charge in [0, 0.05) is 37.4 Å². The first kappa shape index (κ1) is 39.2. The van der Waals surface area contributed by atoms with E-state index in [0.717, 1.165) is 11.1 Å². The standard InChI is InChI=1S/2C23H19FN6O2/c2*24-15-6-7-17-19(10-15)29(13-26-17)22-25-12-18-21(28-22)30(23(31)27-18)16-8-9-32-20(11-16)14-4-2-1-3-5-14/h2*1-7,10,12-13,16,20H,8-9,11H2,(H,27,31)/t2*16-,20-/m10/s1. The highest BCUT2D eigenvalue weighted by Crippen LogP contribution is 2.36. The predicted octanol–water partition coefficient (Wildman–Crippen LogP) is 7.38. The molecule has 0 aliphatic carbocycles. The average molecular weight is 861 g/mol. The number of fused-ring (bicyclic) bond motifs is 4. The number of halogens is 2. The zero-order chi connectivity index (χ0) is 43.3. The van der Waals surface area contributed by atoms with Gasteiger partial charge in [-0.2, -0.15) is 9.97 Å². The number of imidazole rings is 4. The number of H-pyrrole nitrogens is 2. The number of hydrogen-bond donors (Lipinski definition) is 2. The van der Waals surface area contributed by atoms with Crippen molar-refractivity contribution in [3.63, 3.8) is 0 Å². The van der Waals surface area contributed by atoms with Gasteiger partial charge in [-0.1, -0.05) is 60.7 Å². The summed E-state index contributed by atoms with van der Waals surface area (Å²) in [4.78, 5) is 58.1. The van der Waals surface area contributed by atoms with E-state index >= 15 is 0 Å². The van der Waals surface area contributed by atoms with Gasteiger partial charge >= 0.3 is 11.4 Å². The average Bonchev–Trinajstić information content (AvgIpc) is 4.11. The van der Waals surface area contributed by atoms with Crippen LogP contribution in [-0.4, -0.2) is 71.4 Å². The van der Waals surface area contributed by atoms with Gasteiger partial charge < -0.3 is 19.4 Å². The second kappa shape index (κ2) is 16.2. The lowest BCUT2D eigenvalue weighted by Gasteiger charge is -2.30. The number of hydrogen-bond acceptors (Lipinski definition) is 10. The molecular weight excluding hydrogens is 823 g/mol. The lowest BCUT2D eigenvalue weighted by molar-refractivity contribution is -0.00705. The minimum absolute atomic E-state index is 0.0741. The quantitative estimate of drug-likeness (QED) is 0.171. The van der Waals surface area contributed by atoms with Crippen LogP contribution in [0.15, 0.2) is 132 Å². The number of ether oxygens (including phenoxy) is 2. The first-order valence-corrected chi connectivity index (χ1v) is 20.9. The molecule has 64 heavy (non-hydrogen) atoms. The van der Waals surface area contributed by atoms with Crippen LogP contribution in [0.25, 0.3) is 56.3 Å². The minimum Gasteiger partial charge on any atom is -0.373 e. The molecule has 0 radical (unpaired) electrons. The van der Waals surface area contributed by atoms with Crippen LogP contribution < -0.4 is 11.4 Å². The van der Waals surface area contributed by atoms with Crippen LogP contribution >= 0.6 is 0 Å². The fourth-order valence-corrected chi connectivity index (χ4v) is 8.83. The van der Waals surface area contributed by atoms with Gasteiger partial charge in [0.05, 0.1) is 46.7 Å². The van der Waals surface area contributed by atoms with Crippen LogP contribution in [0.3, 0.4) is 0 Å². The Kier molecular flexibility index (Phi) is 9.92. The third-order valence-electron chi connectivity index (χ3n) is 11.9. The Morgan fingerprint density at radius 1 is 0.562 bits per heavy atom. The first-order chi connectivity index (χ1) is 31.3. The zero-order valence-corrected chi connectivity index (χ0v) is 34.0. The van der Waals surface area contributed by atoms with Crippen LogP contribution in [0, 0.1) is 11.6 Å². The lowest BCUT2D eigenvalue weighted by Crippen LogP contribution is -2.29. The van der Waals surface area contributed by atoms with E-state index in [2.05, 4.69) is 39.9 Å². The summed E-state index contributed by atoms with van der Waals surface area (Å²) in [5.74, 6) is -0.0869. The third kappa shape index (κ3) is 7.21. The van der Waals surface area contributed by atoms with Gasteiger partial charge in [0.2, 0.25) is 11.9 Å². The molecule has 12 rings (SSSR count). The smallest absolute Gasteiger partial charge is 0.327 e. The number of aromatic amines is 2. The van der Waals surface area contributed by atoms with Gasteiger partial charge in [0.1, 0.15) is 35.3 Å². The van der Waals surface area contributed by atoms with Crippen molar-refractivity contribution in [1.29, 1.82) is 0 Å². The molecule has 2 aliphatic rings. The number of benzene rings is 4. The molecule has 320 valence electrons. The minimum atomic E-state index is -0.368. The van der Waals surface area contributed by atoms with Crippen molar-refractivity contribution in [2.45, 2.75) is 50.0 Å². The van der Waals surface area contributed by atoms with Crippen LogP contribution in [0.1, 0.15) is 61.1 Å². The molecule has 2 aliphatic heterocycles. The Hall–Kier alpha value is -7.70. The van der Waals surface area contributed by atoms with Crippen molar-refractivity contribution in [1.82, 2.24) is 58.1 Å². The van der Waals surface area contributed by atoms with E-state index in [-0.39, 0.29) is 47.3 Å². The van der Waals surface area contributed by atoms with E-state index in [4.69, 9.17) is 9.47 Å². The Bertz CT molecular complexity index is 3210. The third-order valence-corrected chi connectivity index (χ3v) is 11.9. The molecule has 0 saturated carbocycles. The molecule has 8 heterocycles. The summed E-state index contributed by atoms with van der Waals surface area (Å²) in [6.45, 7) is 1.10. The van der Waals surface area contributed by atoms with Gasteiger partial charge in [0.15, 0.2) is 11.3 Å². The topological polar surface area (TPSA) is 181 Å². The molecular formula is C46H38F2N12O4. The molecule has 0 amide bonds. The Morgan fingerprint density at radius 2 is 1.00 bits per heavy atom. The van der Waals surface area contributed by atoms with Crippen molar-refractivity contribution >= 4 is 44.4 Å². The number of nitrogens with zero attached hydrogens (tertiary/aromatic N) is 10. The van der Waals surface area contributed by atoms with Gasteiger partial charge in [-0.3, -0.25) is 18.3 Å². The van der Waals surface area contributed by atoms with Crippen molar-refractivity contribution in [3.05, 3.63) is 166 Å². The molecule has 2 N–H and O–H groups in total. The molecule has 0 bridgehead atoms. The van der Waals surface area contributed by atoms with E-state index in [1.54, 1.807) is 55.4 Å². The number of rotatable bonds is 6. The maximum absolute atomic E-state index is 13.8. The molecule has 0 spiro atoms. The van der Waals surface area contributed by atoms with Gasteiger partial charge in [-0.25, -0.2) is 38.3 Å². The predicted molar refractivity (Wildman–Crippen MR) is 232 cm³/mol. The zero-order valence-electron chi connectivity index (χ0n) is 34.0. The van der Waals surface area contributed by atoms with Gasteiger partial charge in [0.25, 0.3) is 0 Å². The molecule has 16 nitrogen and oxygen atoms in total. The fourth-order valence-electron chi connectivity index (χ4n) is 8.83. The van der Waals surface area contributed by atoms with Crippen molar-refractivity contribution < 1.29 is 18.3 Å². The fraction of sp³-hybridized carbons (Fsp3) is 0.217. The second-order valence-corrected chi connectivity index (χ2v) is 15.8. The summed E-state index contributed by atoms with van der Waals surface area (Å²) >= 11 is 0. The van der Waals surface area contributed by atoms with Crippen LogP contribution in [-0.2, 0) is 9.47 Å². The first-order valence-electron chi connectivity index (χ1n) is 20.9. The van der Waals surface area contributed by atoms with Crippen LogP contribution in [0.2, 0.25) is 0 Å². The molecule has 6 aromatic heterocycles. The van der Waals surface area contributed by atoms with E-state index in [9.17, 15) is 18.4 Å². The Morgan fingerprint density at radius 3 is 1.44 bits per heavy atom. The highest BCUT2D eigenvalue weighted by molar-refractivity contribution is 5.78. The monoisotopic (exact) mass is 860 g/mol. The second-order valence-electron chi connectivity index (χ2n) is 15.8. The number of aromatic nitrogens is 12. The Labute approximate surface area is 360 Å². The lowest BCUT2D eigenvalue weighted by atomic mass is 9.97. The summed E-state index contributed by atoms with van der Waals surface area (Å²) < 4.78 is 46.2. The van der Waals surface area contributed by atoms with E-state index in [0.29, 0.717) is 95.2 Å². The molecule has 4 aromatic carbocycles. The molecule has 4 atom stereocenters. The van der Waals surface area contributed by atoms with Crippen molar-refractivity contribution in [2.75, 3.05) is 13.2 Å². The van der Waals surface area contributed by atoms with E-state index < -0.39 is 0 Å². The van der Waals surface area contributed by atoms with Crippen LogP contribution in [0.4, 0.5) is 8.78 Å². The summed E-state index contributed by atoms with van der Waals surface area (Å²) in [6, 6.07) is 28.6. The van der Waals surface area contributed by atoms with Gasteiger partial charge in [-0.15, -0.1) is 0 Å². The molecule has 18 heteroatoms. The SMILES string of the molecule is O=c1[nH]c2cnc(-n3cnc4ccc(F)cc43)nc2n1[C@@H]1CCO[C@@H](c2ccccc2)C1.O=c1[nH]c2cnc(-n3cnc4ccc(F)cc43)nc2n1[C@H]1CCO[C@H](c2ccccc2)C1. The summed E-state index contributed by atoms with van der Waals surface area (Å²) in [5.41, 5.74) is 6.24. The van der Waals surface area contributed by atoms with Crippen molar-refractivity contribution in [3.8, 4) is 11.9 Å². The maximum Gasteiger partial charge on any atom is 0.327 e. The normalized spacial score (nSPS) is 19.0. The summed E-state index contributed by atoms with van der Waals surface area (Å²) in [5, 5.41) is 0. The van der Waals surface area contributed by atoms with Gasteiger partial charge in [-0.05, 0) is 61.1 Å². The summed E-state index contributed by atoms with van der Waals surface area (Å²) in [6.07, 6.45) is 8.82. The largest absolute Gasteiger partial charge is 0.373 e. The number of nitrogens with one attached hydrogen (secondary N) is 2. The van der Waals surface area contributed by atoms with Crippen LogP contribution in [0.5, 0.6) is 0 Å². The molecule has 2 fully saturated rings. The molecule has 0 unspecified atom stereocenters.